The Bertz CT molecular complexity index is 1390. The lowest BCUT2D eigenvalue weighted by Crippen LogP contribution is -2.38. The van der Waals surface area contributed by atoms with Crippen molar-refractivity contribution in [1.82, 2.24) is 30.2 Å². The molecule has 0 fully saturated rings. The number of fused-ring (bicyclic) bond motifs is 2. The monoisotopic (exact) mass is 518 g/mol. The van der Waals surface area contributed by atoms with E-state index in [4.69, 9.17) is 4.74 Å². The van der Waals surface area contributed by atoms with Gasteiger partial charge in [-0.3, -0.25) is 9.78 Å². The Morgan fingerprint density at radius 2 is 2.03 bits per heavy atom. The number of carbonyl (C=O) groups excluding carboxylic acids is 2. The van der Waals surface area contributed by atoms with Crippen LogP contribution in [0.25, 0.3) is 11.0 Å². The molecule has 0 saturated carbocycles. The minimum atomic E-state index is -0.622. The quantitative estimate of drug-likeness (QED) is 0.363. The van der Waals surface area contributed by atoms with Gasteiger partial charge in [0.25, 0.3) is 5.91 Å². The molecule has 1 aliphatic carbocycles. The van der Waals surface area contributed by atoms with Crippen LogP contribution in [0.15, 0.2) is 48.0 Å². The predicted octanol–water partition coefficient (Wildman–Crippen LogP) is 4.81. The number of H-pyrrole nitrogens is 1. The number of thiazole rings is 1. The van der Waals surface area contributed by atoms with Gasteiger partial charge in [-0.1, -0.05) is 18.2 Å². The van der Waals surface area contributed by atoms with Crippen molar-refractivity contribution < 1.29 is 14.3 Å². The van der Waals surface area contributed by atoms with Gasteiger partial charge in [-0.2, -0.15) is 0 Å². The van der Waals surface area contributed by atoms with Crippen LogP contribution in [0, 0.1) is 0 Å². The Balaban J connectivity index is 1.24. The molecule has 37 heavy (non-hydrogen) atoms. The molecule has 0 radical (unpaired) electrons. The molecule has 0 bridgehead atoms. The van der Waals surface area contributed by atoms with Crippen LogP contribution in [-0.2, 0) is 24.1 Å². The molecule has 2 amide bonds. The summed E-state index contributed by atoms with van der Waals surface area (Å²) in [5.41, 5.74) is 3.63. The van der Waals surface area contributed by atoms with E-state index in [1.807, 2.05) is 51.1 Å². The van der Waals surface area contributed by atoms with Crippen molar-refractivity contribution >= 4 is 34.4 Å². The van der Waals surface area contributed by atoms with Gasteiger partial charge in [0, 0.05) is 24.5 Å². The molecule has 1 aromatic carbocycles. The molecule has 9 nitrogen and oxygen atoms in total. The largest absolute Gasteiger partial charge is 0.444 e. The van der Waals surface area contributed by atoms with Crippen LogP contribution < -0.4 is 5.32 Å². The second kappa shape index (κ2) is 10.3. The maximum Gasteiger partial charge on any atom is 0.410 e. The summed E-state index contributed by atoms with van der Waals surface area (Å²) in [6.45, 7) is 6.17. The molecule has 4 aromatic rings. The highest BCUT2D eigenvalue weighted by Crippen LogP contribution is 2.29. The van der Waals surface area contributed by atoms with Gasteiger partial charge in [-0.25, -0.2) is 14.8 Å². The van der Waals surface area contributed by atoms with Crippen LogP contribution in [-0.4, -0.2) is 49.0 Å². The van der Waals surface area contributed by atoms with E-state index in [9.17, 15) is 9.59 Å². The summed E-state index contributed by atoms with van der Waals surface area (Å²) >= 11 is 1.41. The fourth-order valence-electron chi connectivity index (χ4n) is 4.37. The Hall–Kier alpha value is -3.79. The predicted molar refractivity (Wildman–Crippen MR) is 141 cm³/mol. The molecule has 3 heterocycles. The van der Waals surface area contributed by atoms with Gasteiger partial charge in [-0.15, -0.1) is 11.3 Å². The second-order valence-corrected chi connectivity index (χ2v) is 11.0. The zero-order valence-corrected chi connectivity index (χ0v) is 22.0. The van der Waals surface area contributed by atoms with E-state index in [1.54, 1.807) is 16.5 Å². The van der Waals surface area contributed by atoms with E-state index in [-0.39, 0.29) is 18.5 Å². The third-order valence-corrected chi connectivity index (χ3v) is 6.98. The number of aryl methyl sites for hydroxylation is 1. The highest BCUT2D eigenvalue weighted by Gasteiger charge is 2.27. The van der Waals surface area contributed by atoms with Gasteiger partial charge in [0.05, 0.1) is 34.3 Å². The topological polar surface area (TPSA) is 113 Å². The Morgan fingerprint density at radius 3 is 2.84 bits per heavy atom. The van der Waals surface area contributed by atoms with Gasteiger partial charge in [0.2, 0.25) is 0 Å². The number of hydrogen-bond donors (Lipinski definition) is 2. The summed E-state index contributed by atoms with van der Waals surface area (Å²) in [4.78, 5) is 44.3. The molecular weight excluding hydrogens is 488 g/mol. The number of imidazole rings is 1. The number of amides is 2. The average Bonchev–Trinajstić information content (AvgIpc) is 3.59. The summed E-state index contributed by atoms with van der Waals surface area (Å²) in [5.74, 6) is 0.467. The number of nitrogens with zero attached hydrogens (tertiary/aromatic N) is 4. The lowest BCUT2D eigenvalue weighted by Gasteiger charge is -2.26. The number of benzene rings is 1. The van der Waals surface area contributed by atoms with Gasteiger partial charge >= 0.3 is 6.09 Å². The van der Waals surface area contributed by atoms with Crippen LogP contribution in [0.2, 0.25) is 0 Å². The zero-order valence-electron chi connectivity index (χ0n) is 21.2. The molecule has 10 heteroatoms. The fraction of sp³-hybridized carbons (Fsp3) is 0.370. The van der Waals surface area contributed by atoms with Gasteiger partial charge in [0.15, 0.2) is 0 Å². The highest BCUT2D eigenvalue weighted by molar-refractivity contribution is 7.09. The highest BCUT2D eigenvalue weighted by atomic mass is 32.1. The lowest BCUT2D eigenvalue weighted by atomic mass is 10.2. The molecule has 1 atom stereocenters. The van der Waals surface area contributed by atoms with Crippen molar-refractivity contribution in [2.45, 2.75) is 58.2 Å². The van der Waals surface area contributed by atoms with Crippen LogP contribution >= 0.6 is 11.3 Å². The van der Waals surface area contributed by atoms with Crippen LogP contribution in [0.1, 0.15) is 65.8 Å². The summed E-state index contributed by atoms with van der Waals surface area (Å²) in [5, 5.41) is 5.60. The average molecular weight is 519 g/mol. The summed E-state index contributed by atoms with van der Waals surface area (Å²) in [6.07, 6.45) is 3.57. The van der Waals surface area contributed by atoms with Crippen LogP contribution in [0.5, 0.6) is 0 Å². The molecule has 192 valence electrons. The minimum absolute atomic E-state index is 0.0969. The molecule has 1 aliphatic rings. The first-order chi connectivity index (χ1) is 17.7. The van der Waals surface area contributed by atoms with Crippen molar-refractivity contribution in [3.8, 4) is 0 Å². The number of rotatable bonds is 7. The fourth-order valence-corrected chi connectivity index (χ4v) is 5.14. The second-order valence-electron chi connectivity index (χ2n) is 10.1. The maximum absolute atomic E-state index is 13.0. The summed E-state index contributed by atoms with van der Waals surface area (Å²) in [6, 6.07) is 11.6. The van der Waals surface area contributed by atoms with Crippen LogP contribution in [0.3, 0.4) is 0 Å². The van der Waals surface area contributed by atoms with Crippen molar-refractivity contribution in [2.24, 2.45) is 0 Å². The number of carbonyl (C=O) groups is 2. The normalized spacial score (nSPS) is 14.9. The molecule has 0 saturated heterocycles. The third-order valence-electron chi connectivity index (χ3n) is 6.07. The number of para-hydroxylation sites is 2. The number of aromatic nitrogens is 4. The molecule has 2 N–H and O–H groups in total. The SMILES string of the molecule is CC(C)(C)OC(=O)N(CCc1nc(C(=O)NC2CCc3cccnc32)cs1)Cc1nc2ccccc2[nH]1. The summed E-state index contributed by atoms with van der Waals surface area (Å²) in [7, 11) is 0. The first-order valence-electron chi connectivity index (χ1n) is 12.4. The van der Waals surface area contributed by atoms with Gasteiger partial charge < -0.3 is 19.9 Å². The van der Waals surface area contributed by atoms with Gasteiger partial charge in [0.1, 0.15) is 17.1 Å². The Morgan fingerprint density at radius 1 is 1.19 bits per heavy atom. The first kappa shape index (κ1) is 24.9. The number of ether oxygens (including phenoxy) is 1. The smallest absolute Gasteiger partial charge is 0.410 e. The van der Waals surface area contributed by atoms with E-state index in [0.29, 0.717) is 24.5 Å². The van der Waals surface area contributed by atoms with Gasteiger partial charge in [-0.05, 0) is 57.4 Å². The molecule has 3 aromatic heterocycles. The van der Waals surface area contributed by atoms with E-state index in [2.05, 4.69) is 31.3 Å². The van der Waals surface area contributed by atoms with Crippen LogP contribution in [0.4, 0.5) is 4.79 Å². The number of hydrogen-bond acceptors (Lipinski definition) is 7. The summed E-state index contributed by atoms with van der Waals surface area (Å²) < 4.78 is 5.64. The lowest BCUT2D eigenvalue weighted by molar-refractivity contribution is 0.0231. The van der Waals surface area contributed by atoms with Crippen molar-refractivity contribution in [3.05, 3.63) is 75.8 Å². The number of nitrogens with one attached hydrogen (secondary N) is 2. The molecular formula is C27H30N6O3S. The zero-order chi connectivity index (χ0) is 26.0. The van der Waals surface area contributed by atoms with Crippen molar-refractivity contribution in [3.63, 3.8) is 0 Å². The molecule has 0 spiro atoms. The first-order valence-corrected chi connectivity index (χ1v) is 13.2. The number of pyridine rings is 1. The maximum atomic E-state index is 13.0. The van der Waals surface area contributed by atoms with Crippen molar-refractivity contribution in [2.75, 3.05) is 6.54 Å². The standard InChI is InChI=1S/C27H30N6O3S/c1-27(2,3)36-26(35)33(15-22-29-18-8-4-5-9-19(18)30-22)14-12-23-31-21(16-37-23)25(34)32-20-11-10-17-7-6-13-28-24(17)20/h4-9,13,16,20H,10-12,14-15H2,1-3H3,(H,29,30)(H,32,34). The third kappa shape index (κ3) is 5.96. The van der Waals surface area contributed by atoms with E-state index >= 15 is 0 Å². The van der Waals surface area contributed by atoms with E-state index in [0.717, 1.165) is 34.6 Å². The molecule has 5 rings (SSSR count). The molecule has 1 unspecified atom stereocenters. The molecule has 0 aliphatic heterocycles. The van der Waals surface area contributed by atoms with E-state index in [1.165, 1.54) is 16.9 Å². The number of aromatic amines is 1. The Kier molecular flexibility index (Phi) is 6.92. The minimum Gasteiger partial charge on any atom is -0.444 e. The van der Waals surface area contributed by atoms with Crippen molar-refractivity contribution in [1.29, 1.82) is 0 Å². The Labute approximate surface area is 219 Å². The van der Waals surface area contributed by atoms with E-state index < -0.39 is 11.7 Å².